The predicted molar refractivity (Wildman–Crippen MR) is 100 cm³/mol. The van der Waals surface area contributed by atoms with Crippen molar-refractivity contribution in [3.8, 4) is 11.3 Å². The predicted octanol–water partition coefficient (Wildman–Crippen LogP) is 3.91. The number of methoxy groups -OCH3 is 1. The maximum atomic E-state index is 5.98. The van der Waals surface area contributed by atoms with Crippen LogP contribution in [0.3, 0.4) is 0 Å². The van der Waals surface area contributed by atoms with E-state index in [9.17, 15) is 0 Å². The van der Waals surface area contributed by atoms with Crippen LogP contribution in [0.4, 0.5) is 0 Å². The van der Waals surface area contributed by atoms with Gasteiger partial charge >= 0.3 is 0 Å². The van der Waals surface area contributed by atoms with E-state index in [1.165, 1.54) is 12.8 Å². The number of rotatable bonds is 7. The van der Waals surface area contributed by atoms with E-state index in [1.807, 2.05) is 18.2 Å². The van der Waals surface area contributed by atoms with Gasteiger partial charge in [0.15, 0.2) is 0 Å². The molecule has 24 heavy (non-hydrogen) atoms. The van der Waals surface area contributed by atoms with Gasteiger partial charge in [-0.25, -0.2) is 0 Å². The van der Waals surface area contributed by atoms with Gasteiger partial charge in [-0.05, 0) is 50.2 Å². The molecule has 0 atom stereocenters. The van der Waals surface area contributed by atoms with Crippen molar-refractivity contribution in [2.75, 3.05) is 33.4 Å². The summed E-state index contributed by atoms with van der Waals surface area (Å²) < 4.78 is 12.2. The number of ether oxygens (including phenoxy) is 1. The molecule has 3 rings (SSSR count). The van der Waals surface area contributed by atoms with E-state index in [1.54, 1.807) is 7.11 Å². The Morgan fingerprint density at radius 1 is 1.25 bits per heavy atom. The van der Waals surface area contributed by atoms with Crippen molar-refractivity contribution in [3.63, 3.8) is 0 Å². The molecule has 1 fully saturated rings. The van der Waals surface area contributed by atoms with E-state index in [0.717, 1.165) is 54.3 Å². The zero-order chi connectivity index (χ0) is 16.8. The summed E-state index contributed by atoms with van der Waals surface area (Å²) in [4.78, 5) is 2.47. The van der Waals surface area contributed by atoms with Crippen LogP contribution in [0.1, 0.15) is 18.6 Å². The molecular formula is C19H25BrN2O2. The molecule has 0 saturated carbocycles. The molecule has 0 amide bonds. The highest BCUT2D eigenvalue weighted by Gasteiger charge is 2.18. The number of furan rings is 1. The summed E-state index contributed by atoms with van der Waals surface area (Å²) in [5.74, 6) is 1.91. The molecule has 4 nitrogen and oxygen atoms in total. The van der Waals surface area contributed by atoms with Gasteiger partial charge in [-0.2, -0.15) is 0 Å². The van der Waals surface area contributed by atoms with Gasteiger partial charge in [0.1, 0.15) is 11.5 Å². The third-order valence-electron chi connectivity index (χ3n) is 4.53. The van der Waals surface area contributed by atoms with Crippen LogP contribution in [-0.4, -0.2) is 44.3 Å². The number of benzene rings is 1. The molecule has 1 aromatic heterocycles. The maximum Gasteiger partial charge on any atom is 0.134 e. The second-order valence-corrected chi connectivity index (χ2v) is 7.18. The standard InChI is InChI=1S/C19H25BrN2O2/c1-23-12-11-22-9-7-17(8-10-22)21-14-18-5-6-19(24-18)15-3-2-4-16(20)13-15/h2-6,13,17,21H,7-12,14H2,1H3. The summed E-state index contributed by atoms with van der Waals surface area (Å²) in [7, 11) is 1.76. The fourth-order valence-electron chi connectivity index (χ4n) is 3.10. The van der Waals surface area contributed by atoms with Gasteiger partial charge in [0.05, 0.1) is 13.2 Å². The van der Waals surface area contributed by atoms with Crippen LogP contribution >= 0.6 is 15.9 Å². The largest absolute Gasteiger partial charge is 0.460 e. The first-order valence-corrected chi connectivity index (χ1v) is 9.33. The molecule has 5 heteroatoms. The number of likely N-dealkylation sites (tertiary alicyclic amines) is 1. The summed E-state index contributed by atoms with van der Waals surface area (Å²) in [6.07, 6.45) is 2.37. The Morgan fingerprint density at radius 3 is 2.83 bits per heavy atom. The lowest BCUT2D eigenvalue weighted by Gasteiger charge is -2.32. The van der Waals surface area contributed by atoms with Crippen LogP contribution in [0.5, 0.6) is 0 Å². The molecule has 0 spiro atoms. The molecule has 1 aromatic carbocycles. The van der Waals surface area contributed by atoms with Gasteiger partial charge in [-0.15, -0.1) is 0 Å². The minimum absolute atomic E-state index is 0.572. The van der Waals surface area contributed by atoms with Gasteiger partial charge < -0.3 is 19.4 Å². The highest BCUT2D eigenvalue weighted by molar-refractivity contribution is 9.10. The lowest BCUT2D eigenvalue weighted by atomic mass is 10.1. The van der Waals surface area contributed by atoms with E-state index in [0.29, 0.717) is 6.04 Å². The highest BCUT2D eigenvalue weighted by atomic mass is 79.9. The lowest BCUT2D eigenvalue weighted by molar-refractivity contribution is 0.125. The summed E-state index contributed by atoms with van der Waals surface area (Å²) >= 11 is 3.50. The van der Waals surface area contributed by atoms with Crippen molar-refractivity contribution >= 4 is 15.9 Å². The molecule has 2 heterocycles. The van der Waals surface area contributed by atoms with Crippen LogP contribution in [0.25, 0.3) is 11.3 Å². The third-order valence-corrected chi connectivity index (χ3v) is 5.03. The van der Waals surface area contributed by atoms with E-state index in [2.05, 4.69) is 44.3 Å². The Kier molecular flexibility index (Phi) is 6.49. The minimum atomic E-state index is 0.572. The quantitative estimate of drug-likeness (QED) is 0.774. The Labute approximate surface area is 152 Å². The maximum absolute atomic E-state index is 5.98. The fourth-order valence-corrected chi connectivity index (χ4v) is 3.50. The van der Waals surface area contributed by atoms with Crippen molar-refractivity contribution in [2.45, 2.75) is 25.4 Å². The first kappa shape index (κ1) is 17.7. The van der Waals surface area contributed by atoms with Crippen LogP contribution < -0.4 is 5.32 Å². The molecule has 0 aliphatic carbocycles. The van der Waals surface area contributed by atoms with Crippen molar-refractivity contribution < 1.29 is 9.15 Å². The molecule has 0 radical (unpaired) electrons. The van der Waals surface area contributed by atoms with E-state index >= 15 is 0 Å². The normalized spacial score (nSPS) is 16.6. The van der Waals surface area contributed by atoms with Crippen LogP contribution in [0.15, 0.2) is 45.3 Å². The Balaban J connectivity index is 1.46. The monoisotopic (exact) mass is 392 g/mol. The molecule has 1 N–H and O–H groups in total. The van der Waals surface area contributed by atoms with Gasteiger partial charge in [0.2, 0.25) is 0 Å². The number of nitrogens with one attached hydrogen (secondary N) is 1. The first-order valence-electron chi connectivity index (χ1n) is 8.54. The van der Waals surface area contributed by atoms with Crippen LogP contribution in [-0.2, 0) is 11.3 Å². The average molecular weight is 393 g/mol. The van der Waals surface area contributed by atoms with Crippen LogP contribution in [0.2, 0.25) is 0 Å². The minimum Gasteiger partial charge on any atom is -0.460 e. The molecule has 0 unspecified atom stereocenters. The Bertz CT molecular complexity index is 636. The average Bonchev–Trinajstić information content (AvgIpc) is 3.08. The first-order chi connectivity index (χ1) is 11.7. The zero-order valence-electron chi connectivity index (χ0n) is 14.1. The fraction of sp³-hybridized carbons (Fsp3) is 0.474. The van der Waals surface area contributed by atoms with Gasteiger partial charge in [0, 0.05) is 29.7 Å². The topological polar surface area (TPSA) is 37.6 Å². The summed E-state index contributed by atoms with van der Waals surface area (Å²) in [5, 5.41) is 3.63. The second kappa shape index (κ2) is 8.81. The van der Waals surface area contributed by atoms with Gasteiger partial charge in [0.25, 0.3) is 0 Å². The van der Waals surface area contributed by atoms with Gasteiger partial charge in [-0.3, -0.25) is 0 Å². The lowest BCUT2D eigenvalue weighted by Crippen LogP contribution is -2.43. The molecule has 1 saturated heterocycles. The molecule has 2 aromatic rings. The summed E-state index contributed by atoms with van der Waals surface area (Å²) in [6, 6.07) is 12.9. The molecule has 130 valence electrons. The third kappa shape index (κ3) is 4.93. The van der Waals surface area contributed by atoms with Crippen molar-refractivity contribution in [3.05, 3.63) is 46.6 Å². The number of piperidine rings is 1. The Hall–Kier alpha value is -1.14. The molecule has 1 aliphatic rings. The van der Waals surface area contributed by atoms with E-state index in [4.69, 9.17) is 9.15 Å². The highest BCUT2D eigenvalue weighted by Crippen LogP contribution is 2.25. The summed E-state index contributed by atoms with van der Waals surface area (Å²) in [5.41, 5.74) is 1.10. The van der Waals surface area contributed by atoms with Crippen molar-refractivity contribution in [2.24, 2.45) is 0 Å². The smallest absolute Gasteiger partial charge is 0.134 e. The van der Waals surface area contributed by atoms with Crippen LogP contribution in [0, 0.1) is 0 Å². The number of nitrogens with zero attached hydrogens (tertiary/aromatic N) is 1. The second-order valence-electron chi connectivity index (χ2n) is 6.27. The van der Waals surface area contributed by atoms with Crippen molar-refractivity contribution in [1.29, 1.82) is 0 Å². The van der Waals surface area contributed by atoms with Crippen molar-refractivity contribution in [1.82, 2.24) is 10.2 Å². The van der Waals surface area contributed by atoms with Gasteiger partial charge in [-0.1, -0.05) is 28.1 Å². The molecule has 1 aliphatic heterocycles. The number of hydrogen-bond donors (Lipinski definition) is 1. The van der Waals surface area contributed by atoms with E-state index < -0.39 is 0 Å². The Morgan fingerprint density at radius 2 is 2.08 bits per heavy atom. The van der Waals surface area contributed by atoms with E-state index in [-0.39, 0.29) is 0 Å². The SMILES string of the molecule is COCCN1CCC(NCc2ccc(-c3cccc(Br)c3)o2)CC1. The zero-order valence-corrected chi connectivity index (χ0v) is 15.7. The molecular weight excluding hydrogens is 368 g/mol. The molecule has 0 bridgehead atoms. The number of halogens is 1. The number of hydrogen-bond acceptors (Lipinski definition) is 4. The summed E-state index contributed by atoms with van der Waals surface area (Å²) in [6.45, 7) is 4.93.